The van der Waals surface area contributed by atoms with E-state index >= 15 is 0 Å². The van der Waals surface area contributed by atoms with Crippen molar-refractivity contribution in [1.29, 1.82) is 0 Å². The molecular weight excluding hydrogens is 284 g/mol. The molecule has 0 heterocycles. The average molecular weight is 303 g/mol. The van der Waals surface area contributed by atoms with E-state index in [0.717, 1.165) is 28.8 Å². The van der Waals surface area contributed by atoms with Crippen LogP contribution in [0.5, 0.6) is 5.75 Å². The van der Waals surface area contributed by atoms with Gasteiger partial charge in [-0.2, -0.15) is 0 Å². The molecule has 96 valence electrons. The van der Waals surface area contributed by atoms with E-state index in [1.165, 1.54) is 0 Å². The van der Waals surface area contributed by atoms with Gasteiger partial charge in [0.25, 0.3) is 0 Å². The Morgan fingerprint density at radius 1 is 1.35 bits per heavy atom. The standard InChI is InChI=1S/C13H19BrO3/c1-3-16-7-4-8-17-13-6-5-11(14)9-12(13)10(2)15/h5-6,9-10,15H,3-4,7-8H2,1-2H3. The van der Waals surface area contributed by atoms with Crippen LogP contribution >= 0.6 is 15.9 Å². The fourth-order valence-electron chi connectivity index (χ4n) is 1.46. The Bertz CT molecular complexity index is 339. The summed E-state index contributed by atoms with van der Waals surface area (Å²) in [4.78, 5) is 0. The Balaban J connectivity index is 2.52. The quantitative estimate of drug-likeness (QED) is 0.785. The summed E-state index contributed by atoms with van der Waals surface area (Å²) < 4.78 is 11.8. The van der Waals surface area contributed by atoms with Gasteiger partial charge in [-0.1, -0.05) is 15.9 Å². The lowest BCUT2D eigenvalue weighted by atomic mass is 10.1. The van der Waals surface area contributed by atoms with Crippen molar-refractivity contribution in [3.63, 3.8) is 0 Å². The Hall–Kier alpha value is -0.580. The zero-order chi connectivity index (χ0) is 12.7. The molecule has 1 aromatic rings. The van der Waals surface area contributed by atoms with E-state index in [1.807, 2.05) is 25.1 Å². The highest BCUT2D eigenvalue weighted by Gasteiger charge is 2.09. The van der Waals surface area contributed by atoms with Gasteiger partial charge in [0.1, 0.15) is 5.75 Å². The van der Waals surface area contributed by atoms with Crippen molar-refractivity contribution in [3.8, 4) is 5.75 Å². The van der Waals surface area contributed by atoms with E-state index in [0.29, 0.717) is 13.2 Å². The monoisotopic (exact) mass is 302 g/mol. The maximum atomic E-state index is 9.64. The van der Waals surface area contributed by atoms with Crippen LogP contribution in [0.3, 0.4) is 0 Å². The summed E-state index contributed by atoms with van der Waals surface area (Å²) in [5.74, 6) is 0.736. The van der Waals surface area contributed by atoms with Gasteiger partial charge < -0.3 is 14.6 Å². The zero-order valence-electron chi connectivity index (χ0n) is 10.3. The highest BCUT2D eigenvalue weighted by Crippen LogP contribution is 2.28. The molecule has 1 unspecified atom stereocenters. The molecule has 0 radical (unpaired) electrons. The molecule has 0 saturated carbocycles. The number of aliphatic hydroxyl groups excluding tert-OH is 1. The van der Waals surface area contributed by atoms with Crippen LogP contribution in [-0.2, 0) is 4.74 Å². The first-order valence-corrected chi connectivity index (χ1v) is 6.62. The summed E-state index contributed by atoms with van der Waals surface area (Å²) >= 11 is 3.38. The first kappa shape index (κ1) is 14.5. The molecule has 1 rings (SSSR count). The number of aliphatic hydroxyl groups is 1. The third-order valence-corrected chi connectivity index (χ3v) is 2.81. The van der Waals surface area contributed by atoms with Crippen molar-refractivity contribution < 1.29 is 14.6 Å². The van der Waals surface area contributed by atoms with Gasteiger partial charge in [-0.05, 0) is 32.0 Å². The molecule has 1 aromatic carbocycles. The normalized spacial score (nSPS) is 12.5. The van der Waals surface area contributed by atoms with Gasteiger partial charge in [0.2, 0.25) is 0 Å². The van der Waals surface area contributed by atoms with Crippen LogP contribution in [0.15, 0.2) is 22.7 Å². The highest BCUT2D eigenvalue weighted by atomic mass is 79.9. The number of rotatable bonds is 7. The van der Waals surface area contributed by atoms with Crippen molar-refractivity contribution in [2.45, 2.75) is 26.4 Å². The van der Waals surface area contributed by atoms with Gasteiger partial charge in [0, 0.05) is 29.7 Å². The van der Waals surface area contributed by atoms with Gasteiger partial charge in [-0.3, -0.25) is 0 Å². The number of halogens is 1. The number of ether oxygens (including phenoxy) is 2. The largest absolute Gasteiger partial charge is 0.493 e. The smallest absolute Gasteiger partial charge is 0.125 e. The number of hydrogen-bond donors (Lipinski definition) is 1. The van der Waals surface area contributed by atoms with Crippen LogP contribution < -0.4 is 4.74 Å². The molecule has 0 aliphatic rings. The van der Waals surface area contributed by atoms with Gasteiger partial charge in [-0.25, -0.2) is 0 Å². The first-order valence-electron chi connectivity index (χ1n) is 5.83. The maximum Gasteiger partial charge on any atom is 0.125 e. The third kappa shape index (κ3) is 5.06. The second kappa shape index (κ2) is 7.69. The predicted molar refractivity (Wildman–Crippen MR) is 71.4 cm³/mol. The predicted octanol–water partition coefficient (Wildman–Crippen LogP) is 3.31. The second-order valence-corrected chi connectivity index (χ2v) is 4.67. The molecule has 0 saturated heterocycles. The van der Waals surface area contributed by atoms with Crippen molar-refractivity contribution in [1.82, 2.24) is 0 Å². The van der Waals surface area contributed by atoms with E-state index in [9.17, 15) is 5.11 Å². The Labute approximate surface area is 111 Å². The first-order chi connectivity index (χ1) is 8.15. The van der Waals surface area contributed by atoms with Crippen LogP contribution in [0, 0.1) is 0 Å². The summed E-state index contributed by atoms with van der Waals surface area (Å²) in [5.41, 5.74) is 0.802. The molecule has 0 amide bonds. The van der Waals surface area contributed by atoms with Crippen molar-refractivity contribution in [2.75, 3.05) is 19.8 Å². The molecule has 17 heavy (non-hydrogen) atoms. The number of benzene rings is 1. The molecule has 0 aliphatic carbocycles. The van der Waals surface area contributed by atoms with Crippen LogP contribution in [0.25, 0.3) is 0 Å². The molecule has 0 bridgehead atoms. The van der Waals surface area contributed by atoms with E-state index in [4.69, 9.17) is 9.47 Å². The van der Waals surface area contributed by atoms with Crippen LogP contribution in [-0.4, -0.2) is 24.9 Å². The van der Waals surface area contributed by atoms with Crippen molar-refractivity contribution in [3.05, 3.63) is 28.2 Å². The van der Waals surface area contributed by atoms with Gasteiger partial charge >= 0.3 is 0 Å². The molecule has 4 heteroatoms. The fraction of sp³-hybridized carbons (Fsp3) is 0.538. The molecular formula is C13H19BrO3. The maximum absolute atomic E-state index is 9.64. The molecule has 1 N–H and O–H groups in total. The van der Waals surface area contributed by atoms with Crippen molar-refractivity contribution >= 4 is 15.9 Å². The third-order valence-electron chi connectivity index (χ3n) is 2.32. The van der Waals surface area contributed by atoms with Gasteiger partial charge in [-0.15, -0.1) is 0 Å². The van der Waals surface area contributed by atoms with Gasteiger partial charge in [0.15, 0.2) is 0 Å². The average Bonchev–Trinajstić information content (AvgIpc) is 2.30. The van der Waals surface area contributed by atoms with Gasteiger partial charge in [0.05, 0.1) is 12.7 Å². The van der Waals surface area contributed by atoms with E-state index in [2.05, 4.69) is 15.9 Å². The van der Waals surface area contributed by atoms with Crippen molar-refractivity contribution in [2.24, 2.45) is 0 Å². The Morgan fingerprint density at radius 2 is 2.12 bits per heavy atom. The summed E-state index contributed by atoms with van der Waals surface area (Å²) in [6.07, 6.45) is 0.317. The Morgan fingerprint density at radius 3 is 2.76 bits per heavy atom. The lowest BCUT2D eigenvalue weighted by Gasteiger charge is -2.13. The number of hydrogen-bond acceptors (Lipinski definition) is 3. The summed E-state index contributed by atoms with van der Waals surface area (Å²) in [6, 6.07) is 5.65. The lowest BCUT2D eigenvalue weighted by molar-refractivity contribution is 0.129. The summed E-state index contributed by atoms with van der Waals surface area (Å²) in [5, 5.41) is 9.64. The molecule has 0 aliphatic heterocycles. The fourth-order valence-corrected chi connectivity index (χ4v) is 1.84. The SMILES string of the molecule is CCOCCCOc1ccc(Br)cc1C(C)O. The minimum Gasteiger partial charge on any atom is -0.493 e. The minimum atomic E-state index is -0.533. The van der Waals surface area contributed by atoms with Crippen LogP contribution in [0.2, 0.25) is 0 Å². The van der Waals surface area contributed by atoms with E-state index in [-0.39, 0.29) is 0 Å². The topological polar surface area (TPSA) is 38.7 Å². The Kier molecular flexibility index (Phi) is 6.55. The summed E-state index contributed by atoms with van der Waals surface area (Å²) in [7, 11) is 0. The second-order valence-electron chi connectivity index (χ2n) is 3.76. The molecule has 3 nitrogen and oxygen atoms in total. The van der Waals surface area contributed by atoms with E-state index in [1.54, 1.807) is 6.92 Å². The van der Waals surface area contributed by atoms with E-state index < -0.39 is 6.10 Å². The summed E-state index contributed by atoms with van der Waals surface area (Å²) in [6.45, 7) is 5.74. The zero-order valence-corrected chi connectivity index (χ0v) is 11.9. The lowest BCUT2D eigenvalue weighted by Crippen LogP contribution is -2.05. The van der Waals surface area contributed by atoms with Crippen LogP contribution in [0.4, 0.5) is 0 Å². The van der Waals surface area contributed by atoms with Crippen LogP contribution in [0.1, 0.15) is 31.9 Å². The minimum absolute atomic E-state index is 0.533. The highest BCUT2D eigenvalue weighted by molar-refractivity contribution is 9.10. The molecule has 0 aromatic heterocycles. The molecule has 0 spiro atoms. The molecule has 1 atom stereocenters. The molecule has 0 fully saturated rings.